The first kappa shape index (κ1) is 38.0. The number of nitrogens with zero attached hydrogens (tertiary/aromatic N) is 3. The van der Waals surface area contributed by atoms with Crippen molar-refractivity contribution in [2.45, 2.75) is 163 Å². The average molecular weight is 644 g/mol. The Bertz CT molecular complexity index is 1090. The maximum absolute atomic E-state index is 14.2. The van der Waals surface area contributed by atoms with Crippen LogP contribution in [0.25, 0.3) is 0 Å². The summed E-state index contributed by atoms with van der Waals surface area (Å²) in [5, 5.41) is 6.39. The Labute approximate surface area is 279 Å². The summed E-state index contributed by atoms with van der Waals surface area (Å²) in [5.41, 5.74) is 0.0174. The lowest BCUT2D eigenvalue weighted by Gasteiger charge is -2.41. The fourth-order valence-corrected chi connectivity index (χ4v) is 7.75. The molecule has 2 N–H and O–H groups in total. The predicted octanol–water partition coefficient (Wildman–Crippen LogP) is 5.29. The molecule has 2 heterocycles. The van der Waals surface area contributed by atoms with E-state index in [-0.39, 0.29) is 53.7 Å². The standard InChI is InChI=1S/C37H65N5O4/c1-24(2)31(40(10)36(46)32(37(7,8)9)39-34(44)29-19-14-15-21-41(29)25(3)4)23-26(5)35(45)42-22-16-20-30(42)33(43)38-27(6)28-17-12-11-13-18-28/h23-25,27-32H,11-22H2,1-10H3,(H,38,43)(H,39,44)/b26-23+/t27-,29?,30-,31+,32+/m0/s1. The van der Waals surface area contributed by atoms with Gasteiger partial charge in [0.2, 0.25) is 23.6 Å². The predicted molar refractivity (Wildman–Crippen MR) is 185 cm³/mol. The topological polar surface area (TPSA) is 102 Å². The molecular weight excluding hydrogens is 578 g/mol. The summed E-state index contributed by atoms with van der Waals surface area (Å²) in [6.45, 7) is 19.6. The molecule has 9 heteroatoms. The van der Waals surface area contributed by atoms with Gasteiger partial charge in [-0.15, -0.1) is 0 Å². The molecule has 3 rings (SSSR count). The molecule has 4 amide bonds. The second-order valence-electron chi connectivity index (χ2n) is 16.0. The molecule has 3 aliphatic rings. The summed E-state index contributed by atoms with van der Waals surface area (Å²) < 4.78 is 0. The van der Waals surface area contributed by atoms with E-state index in [1.165, 1.54) is 19.3 Å². The van der Waals surface area contributed by atoms with Crippen LogP contribution in [0.5, 0.6) is 0 Å². The maximum Gasteiger partial charge on any atom is 0.249 e. The quantitative estimate of drug-likeness (QED) is 0.298. The Morgan fingerprint density at radius 1 is 0.783 bits per heavy atom. The molecule has 5 atom stereocenters. The highest BCUT2D eigenvalue weighted by molar-refractivity contribution is 5.97. The minimum absolute atomic E-state index is 0.0248. The zero-order valence-electron chi connectivity index (χ0n) is 30.7. The van der Waals surface area contributed by atoms with Crippen molar-refractivity contribution in [3.8, 4) is 0 Å². The summed E-state index contributed by atoms with van der Waals surface area (Å²) >= 11 is 0. The Balaban J connectivity index is 1.74. The van der Waals surface area contributed by atoms with Crippen LogP contribution >= 0.6 is 0 Å². The molecule has 1 unspecified atom stereocenters. The third-order valence-electron chi connectivity index (χ3n) is 10.7. The molecule has 46 heavy (non-hydrogen) atoms. The molecule has 1 aliphatic carbocycles. The van der Waals surface area contributed by atoms with Crippen molar-refractivity contribution in [1.29, 1.82) is 0 Å². The number of likely N-dealkylation sites (tertiary alicyclic amines) is 2. The first-order valence-electron chi connectivity index (χ1n) is 18.2. The fraction of sp³-hybridized carbons (Fsp3) is 0.838. The van der Waals surface area contributed by atoms with Gasteiger partial charge in [0, 0.05) is 31.2 Å². The number of hydrogen-bond acceptors (Lipinski definition) is 5. The van der Waals surface area contributed by atoms with Crippen molar-refractivity contribution < 1.29 is 19.2 Å². The monoisotopic (exact) mass is 644 g/mol. The second kappa shape index (κ2) is 16.6. The van der Waals surface area contributed by atoms with Crippen LogP contribution in [-0.2, 0) is 19.2 Å². The Morgan fingerprint density at radius 3 is 1.96 bits per heavy atom. The van der Waals surface area contributed by atoms with Crippen LogP contribution in [0.1, 0.15) is 127 Å². The normalized spacial score (nSPS) is 24.1. The number of carbonyl (C=O) groups excluding carboxylic acids is 4. The van der Waals surface area contributed by atoms with Gasteiger partial charge in [-0.25, -0.2) is 0 Å². The fourth-order valence-electron chi connectivity index (χ4n) is 7.75. The van der Waals surface area contributed by atoms with E-state index in [1.807, 2.05) is 40.7 Å². The third-order valence-corrected chi connectivity index (χ3v) is 10.7. The second-order valence-corrected chi connectivity index (χ2v) is 16.0. The van der Waals surface area contributed by atoms with Crippen molar-refractivity contribution in [3.63, 3.8) is 0 Å². The summed E-state index contributed by atoms with van der Waals surface area (Å²) in [6, 6.07) is -1.43. The van der Waals surface area contributed by atoms with Gasteiger partial charge in [-0.05, 0) is 90.0 Å². The lowest BCUT2D eigenvalue weighted by Crippen LogP contribution is -2.60. The zero-order chi connectivity index (χ0) is 34.3. The van der Waals surface area contributed by atoms with Gasteiger partial charge < -0.3 is 20.4 Å². The largest absolute Gasteiger partial charge is 0.352 e. The molecule has 262 valence electrons. The average Bonchev–Trinajstić information content (AvgIpc) is 3.51. The van der Waals surface area contributed by atoms with Crippen LogP contribution in [0.3, 0.4) is 0 Å². The minimum atomic E-state index is -0.718. The van der Waals surface area contributed by atoms with Crippen molar-refractivity contribution in [2.24, 2.45) is 17.3 Å². The number of likely N-dealkylation sites (N-methyl/N-ethyl adjacent to an activating group) is 1. The summed E-state index contributed by atoms with van der Waals surface area (Å²) in [4.78, 5) is 60.7. The molecule has 2 aliphatic heterocycles. The van der Waals surface area contributed by atoms with E-state index in [0.29, 0.717) is 24.5 Å². The zero-order valence-corrected chi connectivity index (χ0v) is 30.7. The van der Waals surface area contributed by atoms with Gasteiger partial charge in [-0.3, -0.25) is 24.1 Å². The summed E-state index contributed by atoms with van der Waals surface area (Å²) in [7, 11) is 1.77. The number of piperidine rings is 1. The van der Waals surface area contributed by atoms with E-state index in [2.05, 4.69) is 36.3 Å². The molecule has 0 radical (unpaired) electrons. The highest BCUT2D eigenvalue weighted by Crippen LogP contribution is 2.29. The first-order chi connectivity index (χ1) is 21.5. The lowest BCUT2D eigenvalue weighted by molar-refractivity contribution is -0.142. The van der Waals surface area contributed by atoms with Gasteiger partial charge in [0.05, 0.1) is 12.1 Å². The molecule has 3 fully saturated rings. The highest BCUT2D eigenvalue weighted by Gasteiger charge is 2.41. The Morgan fingerprint density at radius 2 is 1.37 bits per heavy atom. The molecular formula is C37H65N5O4. The van der Waals surface area contributed by atoms with Gasteiger partial charge in [0.15, 0.2) is 0 Å². The van der Waals surface area contributed by atoms with Gasteiger partial charge >= 0.3 is 0 Å². The van der Waals surface area contributed by atoms with Crippen LogP contribution in [0.2, 0.25) is 0 Å². The molecule has 0 aromatic carbocycles. The van der Waals surface area contributed by atoms with Crippen molar-refractivity contribution >= 4 is 23.6 Å². The highest BCUT2D eigenvalue weighted by atomic mass is 16.2. The number of rotatable bonds is 11. The molecule has 2 saturated heterocycles. The molecule has 0 aromatic rings. The maximum atomic E-state index is 14.2. The van der Waals surface area contributed by atoms with E-state index in [4.69, 9.17) is 0 Å². The van der Waals surface area contributed by atoms with Crippen LogP contribution in [0.15, 0.2) is 11.6 Å². The molecule has 0 bridgehead atoms. The van der Waals surface area contributed by atoms with Crippen LogP contribution in [0.4, 0.5) is 0 Å². The summed E-state index contributed by atoms with van der Waals surface area (Å²) in [5.74, 6) is 0.0656. The Hall–Kier alpha value is -2.42. The van der Waals surface area contributed by atoms with E-state index < -0.39 is 17.5 Å². The Kier molecular flexibility index (Phi) is 13.7. The summed E-state index contributed by atoms with van der Waals surface area (Å²) in [6.07, 6.45) is 12.2. The van der Waals surface area contributed by atoms with E-state index in [9.17, 15) is 19.2 Å². The van der Waals surface area contributed by atoms with Crippen molar-refractivity contribution in [1.82, 2.24) is 25.3 Å². The van der Waals surface area contributed by atoms with Crippen molar-refractivity contribution in [3.05, 3.63) is 11.6 Å². The van der Waals surface area contributed by atoms with E-state index in [1.54, 1.807) is 23.8 Å². The third kappa shape index (κ3) is 9.57. The molecule has 0 aromatic heterocycles. The smallest absolute Gasteiger partial charge is 0.249 e. The number of hydrogen-bond donors (Lipinski definition) is 2. The van der Waals surface area contributed by atoms with Crippen LogP contribution < -0.4 is 10.6 Å². The van der Waals surface area contributed by atoms with Gasteiger partial charge in [0.1, 0.15) is 12.1 Å². The SMILES string of the molecule is C/C(=C\[C@H](C(C)C)N(C)C(=O)[C@@H](NC(=O)C1CCCCN1C(C)C)C(C)(C)C)C(=O)N1CCC[C@H]1C(=O)N[C@@H](C)C1CCCCC1. The van der Waals surface area contributed by atoms with Gasteiger partial charge in [0.25, 0.3) is 0 Å². The van der Waals surface area contributed by atoms with E-state index >= 15 is 0 Å². The van der Waals surface area contributed by atoms with E-state index in [0.717, 1.165) is 45.1 Å². The number of carbonyl (C=O) groups is 4. The molecule has 0 spiro atoms. The van der Waals surface area contributed by atoms with Crippen molar-refractivity contribution in [2.75, 3.05) is 20.1 Å². The first-order valence-corrected chi connectivity index (χ1v) is 18.2. The van der Waals surface area contributed by atoms with Crippen LogP contribution in [0, 0.1) is 17.3 Å². The van der Waals surface area contributed by atoms with Gasteiger partial charge in [-0.2, -0.15) is 0 Å². The number of nitrogens with one attached hydrogen (secondary N) is 2. The van der Waals surface area contributed by atoms with Crippen LogP contribution in [-0.4, -0.2) is 94.7 Å². The number of amides is 4. The lowest BCUT2D eigenvalue weighted by atomic mass is 9.84. The molecule has 1 saturated carbocycles. The minimum Gasteiger partial charge on any atom is -0.352 e. The molecule has 9 nitrogen and oxygen atoms in total. The van der Waals surface area contributed by atoms with Gasteiger partial charge in [-0.1, -0.05) is 66.4 Å².